The van der Waals surface area contributed by atoms with Crippen LogP contribution < -0.4 is 4.90 Å². The Morgan fingerprint density at radius 2 is 1.83 bits per heavy atom. The summed E-state index contributed by atoms with van der Waals surface area (Å²) in [6.45, 7) is 7.60. The van der Waals surface area contributed by atoms with Gasteiger partial charge in [-0.2, -0.15) is 0 Å². The lowest BCUT2D eigenvalue weighted by atomic mass is 10.1. The van der Waals surface area contributed by atoms with Crippen molar-refractivity contribution in [1.29, 1.82) is 0 Å². The summed E-state index contributed by atoms with van der Waals surface area (Å²) in [5.41, 5.74) is 1.08. The number of anilines is 1. The molecule has 0 aromatic carbocycles. The molecule has 7 heteroatoms. The van der Waals surface area contributed by atoms with Gasteiger partial charge in [0.15, 0.2) is 5.79 Å². The van der Waals surface area contributed by atoms with E-state index in [-0.39, 0.29) is 5.79 Å². The maximum absolute atomic E-state index is 5.87. The second kappa shape index (κ2) is 7.31. The summed E-state index contributed by atoms with van der Waals surface area (Å²) >= 11 is 0. The minimum Gasteiger partial charge on any atom is -0.378 e. The Balaban J connectivity index is 1.38. The van der Waals surface area contributed by atoms with Crippen LogP contribution in [0.25, 0.3) is 0 Å². The van der Waals surface area contributed by atoms with Crippen molar-refractivity contribution >= 4 is 5.95 Å². The molecule has 3 aliphatic rings. The molecule has 1 aromatic rings. The lowest BCUT2D eigenvalue weighted by Crippen LogP contribution is -2.37. The van der Waals surface area contributed by atoms with Crippen LogP contribution >= 0.6 is 0 Å². The Hall–Kier alpha value is -1.28. The van der Waals surface area contributed by atoms with Crippen LogP contribution in [0.4, 0.5) is 5.95 Å². The first-order chi connectivity index (χ1) is 11.8. The van der Waals surface area contributed by atoms with Gasteiger partial charge >= 0.3 is 0 Å². The van der Waals surface area contributed by atoms with Gasteiger partial charge in [0.05, 0.1) is 32.1 Å². The first-order valence-corrected chi connectivity index (χ1v) is 8.98. The van der Waals surface area contributed by atoms with E-state index in [9.17, 15) is 0 Å². The molecule has 4 rings (SSSR count). The number of likely N-dealkylation sites (tertiary alicyclic amines) is 1. The van der Waals surface area contributed by atoms with Gasteiger partial charge in [0.25, 0.3) is 0 Å². The van der Waals surface area contributed by atoms with Crippen molar-refractivity contribution in [1.82, 2.24) is 14.9 Å². The van der Waals surface area contributed by atoms with E-state index in [0.717, 1.165) is 90.1 Å². The Kier molecular flexibility index (Phi) is 4.93. The first kappa shape index (κ1) is 16.2. The molecule has 24 heavy (non-hydrogen) atoms. The van der Waals surface area contributed by atoms with E-state index in [4.69, 9.17) is 19.2 Å². The van der Waals surface area contributed by atoms with Crippen LogP contribution in [0.15, 0.2) is 12.3 Å². The van der Waals surface area contributed by atoms with Crippen molar-refractivity contribution < 1.29 is 14.2 Å². The average Bonchev–Trinajstić information content (AvgIpc) is 3.00. The Morgan fingerprint density at radius 3 is 2.67 bits per heavy atom. The summed E-state index contributed by atoms with van der Waals surface area (Å²) in [5.74, 6) is 0.504. The van der Waals surface area contributed by atoms with E-state index in [2.05, 4.69) is 14.8 Å². The van der Waals surface area contributed by atoms with E-state index >= 15 is 0 Å². The van der Waals surface area contributed by atoms with Crippen molar-refractivity contribution in [3.8, 4) is 0 Å². The van der Waals surface area contributed by atoms with E-state index < -0.39 is 0 Å². The Labute approximate surface area is 142 Å². The normalized spacial score (nSPS) is 25.1. The van der Waals surface area contributed by atoms with Gasteiger partial charge in [-0.25, -0.2) is 9.97 Å². The SMILES string of the molecule is c1cc(CN2CCCC3(CC2)OCCO3)nc(N2CCOCC2)n1. The molecule has 0 aliphatic carbocycles. The zero-order valence-electron chi connectivity index (χ0n) is 14.2. The summed E-state index contributed by atoms with van der Waals surface area (Å²) in [5, 5.41) is 0. The smallest absolute Gasteiger partial charge is 0.225 e. The highest BCUT2D eigenvalue weighted by Crippen LogP contribution is 2.31. The van der Waals surface area contributed by atoms with Crippen LogP contribution in [0, 0.1) is 0 Å². The zero-order valence-corrected chi connectivity index (χ0v) is 14.2. The fourth-order valence-electron chi connectivity index (χ4n) is 3.70. The molecule has 0 bridgehead atoms. The van der Waals surface area contributed by atoms with Gasteiger partial charge in [-0.05, 0) is 19.0 Å². The molecule has 3 fully saturated rings. The van der Waals surface area contributed by atoms with Crippen molar-refractivity contribution in [2.24, 2.45) is 0 Å². The van der Waals surface area contributed by atoms with E-state index in [1.165, 1.54) is 0 Å². The first-order valence-electron chi connectivity index (χ1n) is 8.98. The minimum atomic E-state index is -0.320. The molecule has 7 nitrogen and oxygen atoms in total. The second-order valence-corrected chi connectivity index (χ2v) is 6.68. The molecule has 1 aromatic heterocycles. The van der Waals surface area contributed by atoms with Gasteiger partial charge in [-0.3, -0.25) is 4.90 Å². The molecule has 132 valence electrons. The predicted octanol–water partition coefficient (Wildman–Crippen LogP) is 1.04. The molecule has 1 spiro atoms. The molecule has 0 unspecified atom stereocenters. The van der Waals surface area contributed by atoms with Crippen LogP contribution in [0.3, 0.4) is 0 Å². The Morgan fingerprint density at radius 1 is 1.00 bits per heavy atom. The minimum absolute atomic E-state index is 0.320. The predicted molar refractivity (Wildman–Crippen MR) is 88.8 cm³/mol. The number of rotatable bonds is 3. The number of hydrogen-bond acceptors (Lipinski definition) is 7. The molecule has 0 saturated carbocycles. The largest absolute Gasteiger partial charge is 0.378 e. The highest BCUT2D eigenvalue weighted by molar-refractivity contribution is 5.30. The topological polar surface area (TPSA) is 60.0 Å². The molecular weight excluding hydrogens is 308 g/mol. The average molecular weight is 334 g/mol. The fourth-order valence-corrected chi connectivity index (χ4v) is 3.70. The van der Waals surface area contributed by atoms with Gasteiger partial charge in [0.1, 0.15) is 0 Å². The number of morpholine rings is 1. The van der Waals surface area contributed by atoms with Crippen molar-refractivity contribution in [3.63, 3.8) is 0 Å². The van der Waals surface area contributed by atoms with Gasteiger partial charge < -0.3 is 19.1 Å². The highest BCUT2D eigenvalue weighted by Gasteiger charge is 2.37. The third kappa shape index (κ3) is 3.69. The standard InChI is InChI=1S/C17H26N4O3/c1-3-17(23-12-13-24-17)4-7-20(6-1)14-15-2-5-18-16(19-15)21-8-10-22-11-9-21/h2,5H,1,3-4,6-14H2. The van der Waals surface area contributed by atoms with Gasteiger partial charge in [-0.1, -0.05) is 0 Å². The van der Waals surface area contributed by atoms with Gasteiger partial charge in [0.2, 0.25) is 5.95 Å². The van der Waals surface area contributed by atoms with Crippen LogP contribution in [-0.4, -0.2) is 73.3 Å². The van der Waals surface area contributed by atoms with Crippen molar-refractivity contribution in [2.75, 3.05) is 57.5 Å². The maximum atomic E-state index is 5.87. The summed E-state index contributed by atoms with van der Waals surface area (Å²) < 4.78 is 17.1. The van der Waals surface area contributed by atoms with Crippen molar-refractivity contribution in [2.45, 2.75) is 31.6 Å². The summed E-state index contributed by atoms with van der Waals surface area (Å²) in [6, 6.07) is 2.02. The number of hydrogen-bond donors (Lipinski definition) is 0. The lowest BCUT2D eigenvalue weighted by molar-refractivity contribution is -0.164. The molecule has 0 atom stereocenters. The van der Waals surface area contributed by atoms with Crippen LogP contribution in [0.5, 0.6) is 0 Å². The highest BCUT2D eigenvalue weighted by atomic mass is 16.7. The summed E-state index contributed by atoms with van der Waals surface area (Å²) in [7, 11) is 0. The second-order valence-electron chi connectivity index (χ2n) is 6.68. The monoisotopic (exact) mass is 334 g/mol. The zero-order chi connectivity index (χ0) is 16.2. The lowest BCUT2D eigenvalue weighted by Gasteiger charge is -2.27. The molecule has 3 aliphatic heterocycles. The number of aromatic nitrogens is 2. The van der Waals surface area contributed by atoms with E-state index in [1.807, 2.05) is 12.3 Å². The molecule has 0 radical (unpaired) electrons. The van der Waals surface area contributed by atoms with Gasteiger partial charge in [0, 0.05) is 45.2 Å². The third-order valence-electron chi connectivity index (χ3n) is 5.03. The van der Waals surface area contributed by atoms with Gasteiger partial charge in [-0.15, -0.1) is 0 Å². The summed E-state index contributed by atoms with van der Waals surface area (Å²) in [6.07, 6.45) is 4.90. The van der Waals surface area contributed by atoms with Crippen LogP contribution in [-0.2, 0) is 20.8 Å². The Bertz CT molecular complexity index is 544. The van der Waals surface area contributed by atoms with Crippen LogP contribution in [0.2, 0.25) is 0 Å². The maximum Gasteiger partial charge on any atom is 0.225 e. The molecule has 0 N–H and O–H groups in total. The van der Waals surface area contributed by atoms with E-state index in [0.29, 0.717) is 0 Å². The number of ether oxygens (including phenoxy) is 3. The number of nitrogens with zero attached hydrogens (tertiary/aromatic N) is 4. The molecular formula is C17H26N4O3. The quantitative estimate of drug-likeness (QED) is 0.818. The van der Waals surface area contributed by atoms with Crippen molar-refractivity contribution in [3.05, 3.63) is 18.0 Å². The summed E-state index contributed by atoms with van der Waals surface area (Å²) in [4.78, 5) is 13.8. The van der Waals surface area contributed by atoms with Crippen LogP contribution in [0.1, 0.15) is 25.0 Å². The fraction of sp³-hybridized carbons (Fsp3) is 0.765. The third-order valence-corrected chi connectivity index (χ3v) is 5.03. The van der Waals surface area contributed by atoms with E-state index in [1.54, 1.807) is 0 Å². The molecule has 4 heterocycles. The molecule has 0 amide bonds. The molecule has 3 saturated heterocycles.